The van der Waals surface area contributed by atoms with Gasteiger partial charge in [-0.2, -0.15) is 0 Å². The molecule has 1 heteroatoms. The van der Waals surface area contributed by atoms with Crippen LogP contribution >= 0.6 is 0 Å². The molecule has 0 saturated carbocycles. The van der Waals surface area contributed by atoms with Crippen LogP contribution in [0.1, 0.15) is 44.7 Å². The first-order valence-electron chi connectivity index (χ1n) is 6.69. The summed E-state index contributed by atoms with van der Waals surface area (Å²) in [4.78, 5) is 0. The molecule has 0 bridgehead atoms. The number of rotatable bonds is 3. The van der Waals surface area contributed by atoms with Crippen molar-refractivity contribution in [3.63, 3.8) is 0 Å². The maximum absolute atomic E-state index is 3.68. The van der Waals surface area contributed by atoms with E-state index in [1.165, 1.54) is 30.4 Å². The largest absolute Gasteiger partial charge is 0.310 e. The molecule has 0 aliphatic carbocycles. The maximum atomic E-state index is 3.68. The summed E-state index contributed by atoms with van der Waals surface area (Å²) in [5.41, 5.74) is 2.88. The van der Waals surface area contributed by atoms with Gasteiger partial charge in [0.25, 0.3) is 0 Å². The van der Waals surface area contributed by atoms with Crippen LogP contribution in [0.5, 0.6) is 0 Å². The fourth-order valence-corrected chi connectivity index (χ4v) is 2.65. The van der Waals surface area contributed by atoms with Gasteiger partial charge in [0.15, 0.2) is 0 Å². The van der Waals surface area contributed by atoms with E-state index in [0.717, 1.165) is 12.5 Å². The van der Waals surface area contributed by atoms with Crippen LogP contribution in [0.25, 0.3) is 0 Å². The molecular formula is C16H23N. The molecule has 0 spiro atoms. The molecule has 17 heavy (non-hydrogen) atoms. The number of hydrogen-bond donors (Lipinski definition) is 1. The lowest BCUT2D eigenvalue weighted by molar-refractivity contribution is 0.286. The van der Waals surface area contributed by atoms with Crippen molar-refractivity contribution in [2.24, 2.45) is 5.92 Å². The van der Waals surface area contributed by atoms with Crippen LogP contribution in [0.15, 0.2) is 42.0 Å². The van der Waals surface area contributed by atoms with Crippen molar-refractivity contribution >= 4 is 0 Å². The van der Waals surface area contributed by atoms with E-state index in [9.17, 15) is 0 Å². The van der Waals surface area contributed by atoms with Gasteiger partial charge < -0.3 is 5.32 Å². The van der Waals surface area contributed by atoms with E-state index in [-0.39, 0.29) is 0 Å². The zero-order valence-corrected chi connectivity index (χ0v) is 10.9. The van der Waals surface area contributed by atoms with Crippen LogP contribution in [0.4, 0.5) is 0 Å². The summed E-state index contributed by atoms with van der Waals surface area (Å²) in [6.07, 6.45) is 6.24. The molecule has 0 amide bonds. The first-order chi connectivity index (χ1) is 8.27. The van der Waals surface area contributed by atoms with Crippen LogP contribution in [0.2, 0.25) is 0 Å². The van der Waals surface area contributed by atoms with E-state index >= 15 is 0 Å². The highest BCUT2D eigenvalue weighted by Crippen LogP contribution is 2.32. The Labute approximate surface area is 105 Å². The van der Waals surface area contributed by atoms with E-state index in [1.54, 1.807) is 0 Å². The monoisotopic (exact) mass is 229 g/mol. The van der Waals surface area contributed by atoms with E-state index in [2.05, 4.69) is 55.6 Å². The molecule has 0 radical (unpaired) electrons. The first kappa shape index (κ1) is 12.4. The maximum Gasteiger partial charge on any atom is 0.0351 e. The molecule has 0 aromatic heterocycles. The molecule has 1 heterocycles. The quantitative estimate of drug-likeness (QED) is 0.770. The molecule has 1 N–H and O–H groups in total. The standard InChI is InChI=1S/C16H23N/c1-13(2)10-11-15-9-6-12-17-16(15)14-7-4-3-5-8-14/h3-5,7-8,10,15-17H,6,9,11-12H2,1-2H3/t15-,16-/m1/s1. The minimum absolute atomic E-state index is 0.542. The summed E-state index contributed by atoms with van der Waals surface area (Å²) < 4.78 is 0. The molecule has 1 fully saturated rings. The van der Waals surface area contributed by atoms with Crippen molar-refractivity contribution in [1.29, 1.82) is 0 Å². The van der Waals surface area contributed by atoms with Gasteiger partial charge >= 0.3 is 0 Å². The van der Waals surface area contributed by atoms with Gasteiger partial charge in [-0.3, -0.25) is 0 Å². The molecule has 2 atom stereocenters. The average Bonchev–Trinajstić information content (AvgIpc) is 2.38. The van der Waals surface area contributed by atoms with Gasteiger partial charge in [-0.25, -0.2) is 0 Å². The number of allylic oxidation sites excluding steroid dienone is 2. The molecule has 1 aromatic carbocycles. The highest BCUT2D eigenvalue weighted by molar-refractivity contribution is 5.20. The smallest absolute Gasteiger partial charge is 0.0351 e. The first-order valence-corrected chi connectivity index (χ1v) is 6.69. The van der Waals surface area contributed by atoms with Gasteiger partial charge in [0.05, 0.1) is 0 Å². The van der Waals surface area contributed by atoms with Crippen LogP contribution in [-0.4, -0.2) is 6.54 Å². The molecule has 1 aliphatic rings. The lowest BCUT2D eigenvalue weighted by Gasteiger charge is -2.32. The highest BCUT2D eigenvalue weighted by Gasteiger charge is 2.24. The van der Waals surface area contributed by atoms with E-state index in [1.807, 2.05) is 0 Å². The van der Waals surface area contributed by atoms with Crippen LogP contribution in [0, 0.1) is 5.92 Å². The van der Waals surface area contributed by atoms with Crippen molar-refractivity contribution in [2.45, 2.75) is 39.2 Å². The molecule has 1 aliphatic heterocycles. The molecule has 1 nitrogen and oxygen atoms in total. The Morgan fingerprint density at radius 3 is 2.76 bits per heavy atom. The van der Waals surface area contributed by atoms with Crippen molar-refractivity contribution in [1.82, 2.24) is 5.32 Å². The number of piperidine rings is 1. The lowest BCUT2D eigenvalue weighted by atomic mass is 9.84. The zero-order valence-electron chi connectivity index (χ0n) is 10.9. The third kappa shape index (κ3) is 3.44. The predicted molar refractivity (Wildman–Crippen MR) is 74.0 cm³/mol. The van der Waals surface area contributed by atoms with Crippen LogP contribution < -0.4 is 5.32 Å². The number of nitrogens with one attached hydrogen (secondary N) is 1. The zero-order chi connectivity index (χ0) is 12.1. The van der Waals surface area contributed by atoms with Crippen molar-refractivity contribution in [3.05, 3.63) is 47.5 Å². The molecule has 0 unspecified atom stereocenters. The van der Waals surface area contributed by atoms with Crippen molar-refractivity contribution in [3.8, 4) is 0 Å². The topological polar surface area (TPSA) is 12.0 Å². The Kier molecular flexibility index (Phi) is 4.38. The Hall–Kier alpha value is -1.08. The second-order valence-corrected chi connectivity index (χ2v) is 5.26. The molecular weight excluding hydrogens is 206 g/mol. The fraction of sp³-hybridized carbons (Fsp3) is 0.500. The van der Waals surface area contributed by atoms with E-state index in [0.29, 0.717) is 6.04 Å². The normalized spacial score (nSPS) is 24.4. The van der Waals surface area contributed by atoms with Gasteiger partial charge in [-0.1, -0.05) is 42.0 Å². The summed E-state index contributed by atoms with van der Waals surface area (Å²) in [6, 6.07) is 11.4. The molecule has 1 aromatic rings. The van der Waals surface area contributed by atoms with Crippen LogP contribution in [0.3, 0.4) is 0 Å². The van der Waals surface area contributed by atoms with Crippen molar-refractivity contribution < 1.29 is 0 Å². The highest BCUT2D eigenvalue weighted by atomic mass is 14.9. The Bertz CT molecular complexity index is 362. The van der Waals surface area contributed by atoms with Gasteiger partial charge in [0.2, 0.25) is 0 Å². The predicted octanol–water partition coefficient (Wildman–Crippen LogP) is 4.08. The third-order valence-corrected chi connectivity index (χ3v) is 3.57. The number of benzene rings is 1. The molecule has 2 rings (SSSR count). The van der Waals surface area contributed by atoms with Gasteiger partial charge in [-0.05, 0) is 51.1 Å². The average molecular weight is 229 g/mol. The van der Waals surface area contributed by atoms with Gasteiger partial charge in [0, 0.05) is 6.04 Å². The minimum atomic E-state index is 0.542. The van der Waals surface area contributed by atoms with Gasteiger partial charge in [0.1, 0.15) is 0 Å². The second kappa shape index (κ2) is 6.02. The molecule has 1 saturated heterocycles. The van der Waals surface area contributed by atoms with E-state index in [4.69, 9.17) is 0 Å². The Morgan fingerprint density at radius 2 is 2.06 bits per heavy atom. The minimum Gasteiger partial charge on any atom is -0.310 e. The molecule has 92 valence electrons. The lowest BCUT2D eigenvalue weighted by Crippen LogP contribution is -2.34. The van der Waals surface area contributed by atoms with Crippen molar-refractivity contribution in [2.75, 3.05) is 6.54 Å². The Balaban J connectivity index is 2.10. The summed E-state index contributed by atoms with van der Waals surface area (Å²) >= 11 is 0. The Morgan fingerprint density at radius 1 is 1.29 bits per heavy atom. The SMILES string of the molecule is CC(C)=CC[C@H]1CCCN[C@@H]1c1ccccc1. The summed E-state index contributed by atoms with van der Waals surface area (Å²) in [5.74, 6) is 0.751. The van der Waals surface area contributed by atoms with E-state index < -0.39 is 0 Å². The number of hydrogen-bond acceptors (Lipinski definition) is 1. The third-order valence-electron chi connectivity index (χ3n) is 3.57. The van der Waals surface area contributed by atoms with Crippen LogP contribution in [-0.2, 0) is 0 Å². The summed E-state index contributed by atoms with van der Waals surface area (Å²) in [5, 5.41) is 3.68. The summed E-state index contributed by atoms with van der Waals surface area (Å²) in [6.45, 7) is 5.53. The van der Waals surface area contributed by atoms with Gasteiger partial charge in [-0.15, -0.1) is 0 Å². The fourth-order valence-electron chi connectivity index (χ4n) is 2.65. The second-order valence-electron chi connectivity index (χ2n) is 5.26. The summed E-state index contributed by atoms with van der Waals surface area (Å²) in [7, 11) is 0.